The molecule has 0 spiro atoms. The molecule has 28 heavy (non-hydrogen) atoms. The number of carbonyl (C=O) groups excluding carboxylic acids is 1. The van der Waals surface area contributed by atoms with Crippen LogP contribution in [0.1, 0.15) is 42.5 Å². The Bertz CT molecular complexity index is 849. The summed E-state index contributed by atoms with van der Waals surface area (Å²) in [6.07, 6.45) is 11.7. The summed E-state index contributed by atoms with van der Waals surface area (Å²) in [5, 5.41) is 6.23. The first kappa shape index (κ1) is 19.7. The molecule has 0 aliphatic heterocycles. The Hall–Kier alpha value is -3.02. The molecule has 1 aromatic heterocycles. The maximum absolute atomic E-state index is 12.6. The van der Waals surface area contributed by atoms with Gasteiger partial charge in [0.2, 0.25) is 0 Å². The van der Waals surface area contributed by atoms with E-state index < -0.39 is 0 Å². The number of nitrogens with zero attached hydrogens (tertiary/aromatic N) is 1. The van der Waals surface area contributed by atoms with Crippen molar-refractivity contribution < 1.29 is 14.3 Å². The first-order chi connectivity index (χ1) is 13.7. The zero-order chi connectivity index (χ0) is 19.8. The molecular formula is C22H27N3O3. The Morgan fingerprint density at radius 1 is 1.14 bits per heavy atom. The average molecular weight is 381 g/mol. The smallest absolute Gasteiger partial charge is 0.257 e. The highest BCUT2D eigenvalue weighted by atomic mass is 16.5. The van der Waals surface area contributed by atoms with Crippen molar-refractivity contribution >= 4 is 17.3 Å². The quantitative estimate of drug-likeness (QED) is 0.651. The second kappa shape index (κ2) is 9.78. The van der Waals surface area contributed by atoms with E-state index in [0.29, 0.717) is 22.7 Å². The SMILES string of the molecule is COc1ccc(NC(=O)c2cncc(NCCC3=CCCCC3)c2)c(OC)c1. The summed E-state index contributed by atoms with van der Waals surface area (Å²) in [5.41, 5.74) is 3.42. The zero-order valence-corrected chi connectivity index (χ0v) is 16.5. The third-order valence-electron chi connectivity index (χ3n) is 4.82. The largest absolute Gasteiger partial charge is 0.497 e. The summed E-state index contributed by atoms with van der Waals surface area (Å²) in [6.45, 7) is 0.838. The van der Waals surface area contributed by atoms with Gasteiger partial charge in [-0.25, -0.2) is 0 Å². The van der Waals surface area contributed by atoms with Crippen LogP contribution >= 0.6 is 0 Å². The molecule has 0 fully saturated rings. The molecule has 2 aromatic rings. The molecule has 1 aliphatic carbocycles. The molecule has 0 bridgehead atoms. The van der Waals surface area contributed by atoms with E-state index in [4.69, 9.17) is 9.47 Å². The highest BCUT2D eigenvalue weighted by molar-refractivity contribution is 6.05. The summed E-state index contributed by atoms with van der Waals surface area (Å²) in [7, 11) is 3.14. The highest BCUT2D eigenvalue weighted by Gasteiger charge is 2.12. The molecule has 0 unspecified atom stereocenters. The van der Waals surface area contributed by atoms with Gasteiger partial charge in [0.05, 0.1) is 31.2 Å². The molecule has 6 heteroatoms. The summed E-state index contributed by atoms with van der Waals surface area (Å²) < 4.78 is 10.5. The Morgan fingerprint density at radius 3 is 2.79 bits per heavy atom. The van der Waals surface area contributed by atoms with Crippen LogP contribution in [0.5, 0.6) is 11.5 Å². The minimum absolute atomic E-state index is 0.241. The van der Waals surface area contributed by atoms with Gasteiger partial charge in [0, 0.05) is 25.0 Å². The van der Waals surface area contributed by atoms with Crippen molar-refractivity contribution in [1.82, 2.24) is 4.98 Å². The molecule has 0 saturated carbocycles. The Balaban J connectivity index is 1.61. The van der Waals surface area contributed by atoms with Crippen molar-refractivity contribution in [2.45, 2.75) is 32.1 Å². The Morgan fingerprint density at radius 2 is 2.04 bits per heavy atom. The molecule has 1 aromatic carbocycles. The first-order valence-corrected chi connectivity index (χ1v) is 9.60. The number of ether oxygens (including phenoxy) is 2. The molecule has 3 rings (SSSR count). The van der Waals surface area contributed by atoms with E-state index in [9.17, 15) is 4.79 Å². The topological polar surface area (TPSA) is 72.5 Å². The van der Waals surface area contributed by atoms with Gasteiger partial charge in [-0.15, -0.1) is 0 Å². The molecule has 0 saturated heterocycles. The monoisotopic (exact) mass is 381 g/mol. The first-order valence-electron chi connectivity index (χ1n) is 9.60. The lowest BCUT2D eigenvalue weighted by Crippen LogP contribution is -2.14. The number of benzene rings is 1. The number of carbonyl (C=O) groups is 1. The maximum atomic E-state index is 12.6. The Labute approximate surface area is 166 Å². The van der Waals surface area contributed by atoms with Crippen LogP contribution in [0.3, 0.4) is 0 Å². The van der Waals surface area contributed by atoms with E-state index >= 15 is 0 Å². The summed E-state index contributed by atoms with van der Waals surface area (Å²) in [5.74, 6) is 0.959. The second-order valence-corrected chi connectivity index (χ2v) is 6.77. The summed E-state index contributed by atoms with van der Waals surface area (Å²) in [4.78, 5) is 16.8. The van der Waals surface area contributed by atoms with Crippen molar-refractivity contribution in [3.8, 4) is 11.5 Å². The fourth-order valence-corrected chi connectivity index (χ4v) is 3.26. The lowest BCUT2D eigenvalue weighted by molar-refractivity contribution is 0.102. The van der Waals surface area contributed by atoms with Gasteiger partial charge in [0.25, 0.3) is 5.91 Å². The van der Waals surface area contributed by atoms with Crippen molar-refractivity contribution in [2.75, 3.05) is 31.4 Å². The van der Waals surface area contributed by atoms with Gasteiger partial charge in [-0.2, -0.15) is 0 Å². The van der Waals surface area contributed by atoms with Crippen LogP contribution in [0.4, 0.5) is 11.4 Å². The molecule has 1 heterocycles. The van der Waals surface area contributed by atoms with Gasteiger partial charge >= 0.3 is 0 Å². The van der Waals surface area contributed by atoms with E-state index in [0.717, 1.165) is 18.7 Å². The third-order valence-corrected chi connectivity index (χ3v) is 4.82. The van der Waals surface area contributed by atoms with Gasteiger partial charge < -0.3 is 20.1 Å². The zero-order valence-electron chi connectivity index (χ0n) is 16.5. The van der Waals surface area contributed by atoms with Gasteiger partial charge in [-0.1, -0.05) is 11.6 Å². The number of nitrogens with one attached hydrogen (secondary N) is 2. The summed E-state index contributed by atoms with van der Waals surface area (Å²) >= 11 is 0. The molecule has 148 valence electrons. The van der Waals surface area contributed by atoms with Crippen molar-refractivity contribution in [3.05, 3.63) is 53.9 Å². The van der Waals surface area contributed by atoms with E-state index in [2.05, 4.69) is 21.7 Å². The fourth-order valence-electron chi connectivity index (χ4n) is 3.26. The predicted molar refractivity (Wildman–Crippen MR) is 111 cm³/mol. The minimum atomic E-state index is -0.241. The molecule has 0 atom stereocenters. The van der Waals surface area contributed by atoms with Gasteiger partial charge in [0.15, 0.2) is 0 Å². The van der Waals surface area contributed by atoms with E-state index in [1.807, 2.05) is 6.07 Å². The van der Waals surface area contributed by atoms with Crippen LogP contribution in [0.15, 0.2) is 48.3 Å². The molecule has 1 amide bonds. The van der Waals surface area contributed by atoms with Gasteiger partial charge in [-0.3, -0.25) is 9.78 Å². The van der Waals surface area contributed by atoms with Crippen molar-refractivity contribution in [3.63, 3.8) is 0 Å². The van der Waals surface area contributed by atoms with Crippen LogP contribution in [0.2, 0.25) is 0 Å². The second-order valence-electron chi connectivity index (χ2n) is 6.77. The number of amides is 1. The predicted octanol–water partition coefficient (Wildman–Crippen LogP) is 4.65. The number of hydrogen-bond acceptors (Lipinski definition) is 5. The number of aromatic nitrogens is 1. The number of anilines is 2. The van der Waals surface area contributed by atoms with E-state index in [-0.39, 0.29) is 5.91 Å². The maximum Gasteiger partial charge on any atom is 0.257 e. The number of allylic oxidation sites excluding steroid dienone is 1. The van der Waals surface area contributed by atoms with Crippen LogP contribution in [-0.4, -0.2) is 31.7 Å². The van der Waals surface area contributed by atoms with Crippen LogP contribution in [0, 0.1) is 0 Å². The van der Waals surface area contributed by atoms with E-state index in [1.54, 1.807) is 44.8 Å². The van der Waals surface area contributed by atoms with Crippen LogP contribution < -0.4 is 20.1 Å². The molecular weight excluding hydrogens is 354 g/mol. The Kier molecular flexibility index (Phi) is 6.89. The van der Waals surface area contributed by atoms with Crippen LogP contribution in [-0.2, 0) is 0 Å². The van der Waals surface area contributed by atoms with E-state index in [1.165, 1.54) is 31.3 Å². The number of pyridine rings is 1. The number of hydrogen-bond donors (Lipinski definition) is 2. The highest BCUT2D eigenvalue weighted by Crippen LogP contribution is 2.29. The lowest BCUT2D eigenvalue weighted by atomic mass is 9.97. The number of rotatable bonds is 8. The third kappa shape index (κ3) is 5.25. The fraction of sp³-hybridized carbons (Fsp3) is 0.364. The van der Waals surface area contributed by atoms with Gasteiger partial charge in [-0.05, 0) is 50.3 Å². The normalized spacial score (nSPS) is 13.4. The molecule has 6 nitrogen and oxygen atoms in total. The lowest BCUT2D eigenvalue weighted by Gasteiger charge is -2.14. The average Bonchev–Trinajstić information content (AvgIpc) is 2.75. The van der Waals surface area contributed by atoms with Crippen LogP contribution in [0.25, 0.3) is 0 Å². The van der Waals surface area contributed by atoms with Crippen molar-refractivity contribution in [1.29, 1.82) is 0 Å². The molecule has 2 N–H and O–H groups in total. The van der Waals surface area contributed by atoms with Gasteiger partial charge in [0.1, 0.15) is 11.5 Å². The van der Waals surface area contributed by atoms with Crippen molar-refractivity contribution in [2.24, 2.45) is 0 Å². The number of methoxy groups -OCH3 is 2. The molecule has 1 aliphatic rings. The standard InChI is InChI=1S/C22H27N3O3/c1-27-19-8-9-20(21(13-19)28-2)25-22(26)17-12-18(15-23-14-17)24-11-10-16-6-4-3-5-7-16/h6,8-9,12-15,24H,3-5,7,10-11H2,1-2H3,(H,25,26). The summed E-state index contributed by atoms with van der Waals surface area (Å²) in [6, 6.07) is 7.07. The minimum Gasteiger partial charge on any atom is -0.497 e. The molecule has 0 radical (unpaired) electrons.